The molecule has 0 unspecified atom stereocenters. The largest absolute Gasteiger partial charge is 0.369 e. The lowest BCUT2D eigenvalue weighted by molar-refractivity contribution is 0.313. The maximum atomic E-state index is 4.81. The van der Waals surface area contributed by atoms with Crippen molar-refractivity contribution in [3.8, 4) is 0 Å². The van der Waals surface area contributed by atoms with Crippen LogP contribution >= 0.6 is 0 Å². The Morgan fingerprint density at radius 2 is 1.71 bits per heavy atom. The van der Waals surface area contributed by atoms with Crippen LogP contribution in [0.4, 0.5) is 29.0 Å². The van der Waals surface area contributed by atoms with Crippen LogP contribution in [0.15, 0.2) is 61.3 Å². The highest BCUT2D eigenvalue weighted by Gasteiger charge is 2.17. The van der Waals surface area contributed by atoms with Crippen molar-refractivity contribution in [1.29, 1.82) is 0 Å². The second kappa shape index (κ2) is 9.76. The minimum absolute atomic E-state index is 0.163. The molecule has 0 atom stereocenters. The number of rotatable bonds is 7. The van der Waals surface area contributed by atoms with E-state index in [0.29, 0.717) is 5.95 Å². The summed E-state index contributed by atoms with van der Waals surface area (Å²) in [5.41, 5.74) is 5.73. The molecule has 1 saturated heterocycles. The summed E-state index contributed by atoms with van der Waals surface area (Å²) < 4.78 is 2.10. The van der Waals surface area contributed by atoms with E-state index in [-0.39, 0.29) is 6.04 Å². The lowest BCUT2D eigenvalue weighted by Crippen LogP contribution is -2.44. The Balaban J connectivity index is 1.38. The Labute approximate surface area is 206 Å². The minimum Gasteiger partial charge on any atom is -0.369 e. The number of anilines is 5. The lowest BCUT2D eigenvalue weighted by atomic mass is 10.2. The molecule has 180 valence electrons. The van der Waals surface area contributed by atoms with Gasteiger partial charge in [0, 0.05) is 49.3 Å². The summed E-state index contributed by atoms with van der Waals surface area (Å²) in [4.78, 5) is 18.9. The number of nitrogens with one attached hydrogen (secondary N) is 2. The number of piperazine rings is 1. The number of aromatic nitrogens is 4. The van der Waals surface area contributed by atoms with E-state index in [0.717, 1.165) is 60.2 Å². The zero-order valence-electron chi connectivity index (χ0n) is 20.6. The van der Waals surface area contributed by atoms with Gasteiger partial charge in [-0.2, -0.15) is 4.98 Å². The van der Waals surface area contributed by atoms with Gasteiger partial charge in [-0.3, -0.25) is 4.57 Å². The molecule has 2 aromatic heterocycles. The number of imidazole rings is 1. The van der Waals surface area contributed by atoms with Gasteiger partial charge in [-0.15, -0.1) is 0 Å². The summed E-state index contributed by atoms with van der Waals surface area (Å²) in [7, 11) is 2.17. The van der Waals surface area contributed by atoms with Gasteiger partial charge in [-0.1, -0.05) is 24.8 Å². The van der Waals surface area contributed by atoms with Crippen molar-refractivity contribution in [2.24, 2.45) is 0 Å². The van der Waals surface area contributed by atoms with Crippen LogP contribution in [0.1, 0.15) is 25.5 Å². The fourth-order valence-corrected chi connectivity index (χ4v) is 4.35. The van der Waals surface area contributed by atoms with Gasteiger partial charge in [0.25, 0.3) is 0 Å². The van der Waals surface area contributed by atoms with Gasteiger partial charge in [-0.25, -0.2) is 9.97 Å². The average molecular weight is 469 g/mol. The number of benzene rings is 2. The number of likely N-dealkylation sites (N-methyl/N-ethyl adjacent to an activating group) is 1. The number of fused-ring (bicyclic) bond motifs is 1. The van der Waals surface area contributed by atoms with Crippen LogP contribution in [-0.4, -0.2) is 57.6 Å². The van der Waals surface area contributed by atoms with Crippen LogP contribution in [0.2, 0.25) is 0 Å². The molecule has 8 nitrogen and oxygen atoms in total. The van der Waals surface area contributed by atoms with Crippen molar-refractivity contribution in [2.75, 3.05) is 48.8 Å². The van der Waals surface area contributed by atoms with Gasteiger partial charge in [-0.05, 0) is 62.9 Å². The fourth-order valence-electron chi connectivity index (χ4n) is 4.35. The van der Waals surface area contributed by atoms with E-state index in [1.807, 2.05) is 30.3 Å². The van der Waals surface area contributed by atoms with Crippen LogP contribution in [0.5, 0.6) is 0 Å². The standard InChI is InChI=1S/C27H32N8/c1-5-20-7-6-8-22(17-20)30-27-31-24-18-28-26(32-25(24)35(27)19(2)3)29-21-9-11-23(12-10-21)34-15-13-33(4)14-16-34/h5-12,17-19H,1,13-16H2,2-4H3,(H,30,31)(H,28,29,32). The number of hydrogen-bond acceptors (Lipinski definition) is 7. The molecule has 5 rings (SSSR count). The quantitative estimate of drug-likeness (QED) is 0.382. The molecule has 0 spiro atoms. The molecule has 2 N–H and O–H groups in total. The van der Waals surface area contributed by atoms with Crippen LogP contribution in [0.3, 0.4) is 0 Å². The van der Waals surface area contributed by atoms with Crippen molar-refractivity contribution >= 4 is 46.2 Å². The molecule has 0 bridgehead atoms. The molecule has 0 aliphatic carbocycles. The zero-order valence-corrected chi connectivity index (χ0v) is 20.6. The second-order valence-electron chi connectivity index (χ2n) is 9.22. The van der Waals surface area contributed by atoms with E-state index in [9.17, 15) is 0 Å². The molecular weight excluding hydrogens is 436 g/mol. The van der Waals surface area contributed by atoms with Crippen molar-refractivity contribution in [1.82, 2.24) is 24.4 Å². The van der Waals surface area contributed by atoms with Crippen molar-refractivity contribution < 1.29 is 0 Å². The Hall–Kier alpha value is -3.91. The summed E-state index contributed by atoms with van der Waals surface area (Å²) >= 11 is 0. The minimum atomic E-state index is 0.163. The van der Waals surface area contributed by atoms with E-state index in [2.05, 4.69) is 81.7 Å². The van der Waals surface area contributed by atoms with Gasteiger partial charge in [0.1, 0.15) is 5.52 Å². The highest BCUT2D eigenvalue weighted by atomic mass is 15.3. The highest BCUT2D eigenvalue weighted by molar-refractivity contribution is 5.77. The maximum absolute atomic E-state index is 4.81. The Morgan fingerprint density at radius 3 is 2.43 bits per heavy atom. The molecule has 1 aliphatic heterocycles. The lowest BCUT2D eigenvalue weighted by Gasteiger charge is -2.34. The normalized spacial score (nSPS) is 14.5. The SMILES string of the molecule is C=Cc1cccc(Nc2nc3cnc(Nc4ccc(N5CCN(C)CC5)cc4)nc3n2C(C)C)c1. The first kappa shape index (κ1) is 22.9. The zero-order chi connectivity index (χ0) is 24.4. The summed E-state index contributed by atoms with van der Waals surface area (Å²) in [5, 5.41) is 6.79. The van der Waals surface area contributed by atoms with Crippen LogP contribution in [-0.2, 0) is 0 Å². The first-order valence-electron chi connectivity index (χ1n) is 12.1. The molecule has 35 heavy (non-hydrogen) atoms. The molecule has 2 aromatic carbocycles. The summed E-state index contributed by atoms with van der Waals surface area (Å²) in [6.45, 7) is 12.4. The van der Waals surface area contributed by atoms with Crippen molar-refractivity contribution in [3.63, 3.8) is 0 Å². The van der Waals surface area contributed by atoms with Gasteiger partial charge in [0.15, 0.2) is 5.65 Å². The number of nitrogens with zero attached hydrogens (tertiary/aromatic N) is 6. The average Bonchev–Trinajstić information content (AvgIpc) is 3.22. The summed E-state index contributed by atoms with van der Waals surface area (Å²) in [5.74, 6) is 1.28. The highest BCUT2D eigenvalue weighted by Crippen LogP contribution is 2.27. The van der Waals surface area contributed by atoms with Crippen LogP contribution in [0, 0.1) is 0 Å². The predicted octanol–water partition coefficient (Wildman–Crippen LogP) is 5.29. The monoisotopic (exact) mass is 468 g/mol. The third kappa shape index (κ3) is 4.97. The summed E-state index contributed by atoms with van der Waals surface area (Å²) in [6.07, 6.45) is 3.60. The molecule has 1 aliphatic rings. The van der Waals surface area contributed by atoms with Crippen molar-refractivity contribution in [2.45, 2.75) is 19.9 Å². The topological polar surface area (TPSA) is 74.1 Å². The number of hydrogen-bond donors (Lipinski definition) is 2. The molecular formula is C27H32N8. The third-order valence-electron chi connectivity index (χ3n) is 6.32. The molecule has 8 heteroatoms. The predicted molar refractivity (Wildman–Crippen MR) is 145 cm³/mol. The van der Waals surface area contributed by atoms with Crippen LogP contribution in [0.25, 0.3) is 17.2 Å². The van der Waals surface area contributed by atoms with E-state index >= 15 is 0 Å². The van der Waals surface area contributed by atoms with Gasteiger partial charge < -0.3 is 20.4 Å². The molecule has 1 fully saturated rings. The summed E-state index contributed by atoms with van der Waals surface area (Å²) in [6, 6.07) is 16.7. The molecule has 4 aromatic rings. The Morgan fingerprint density at radius 1 is 0.943 bits per heavy atom. The van der Waals surface area contributed by atoms with E-state index < -0.39 is 0 Å². The smallest absolute Gasteiger partial charge is 0.229 e. The first-order chi connectivity index (χ1) is 17.0. The Bertz CT molecular complexity index is 1320. The van der Waals surface area contributed by atoms with E-state index in [4.69, 9.17) is 9.97 Å². The second-order valence-corrected chi connectivity index (χ2v) is 9.22. The van der Waals surface area contributed by atoms with Crippen LogP contribution < -0.4 is 15.5 Å². The Kier molecular flexibility index (Phi) is 6.37. The molecule has 0 amide bonds. The van der Waals surface area contributed by atoms with Gasteiger partial charge >= 0.3 is 0 Å². The van der Waals surface area contributed by atoms with Crippen molar-refractivity contribution in [3.05, 3.63) is 66.9 Å². The molecule has 0 radical (unpaired) electrons. The van der Waals surface area contributed by atoms with E-state index in [1.54, 1.807) is 6.20 Å². The molecule has 3 heterocycles. The fraction of sp³-hybridized carbons (Fsp3) is 0.296. The third-order valence-corrected chi connectivity index (χ3v) is 6.32. The van der Waals surface area contributed by atoms with Gasteiger partial charge in [0.05, 0.1) is 6.20 Å². The van der Waals surface area contributed by atoms with E-state index in [1.165, 1.54) is 5.69 Å². The first-order valence-corrected chi connectivity index (χ1v) is 12.1. The maximum Gasteiger partial charge on any atom is 0.229 e. The molecule has 0 saturated carbocycles. The van der Waals surface area contributed by atoms with Gasteiger partial charge in [0.2, 0.25) is 11.9 Å².